The third-order valence-corrected chi connectivity index (χ3v) is 5.39. The number of carboxylic acid groups (broad SMARTS) is 1. The van der Waals surface area contributed by atoms with E-state index >= 15 is 4.39 Å². The van der Waals surface area contributed by atoms with Crippen LogP contribution in [0.4, 0.5) is 20.3 Å². The van der Waals surface area contributed by atoms with Crippen molar-refractivity contribution in [3.05, 3.63) is 36.2 Å². The highest BCUT2D eigenvalue weighted by molar-refractivity contribution is 6.10. The molecule has 3 heterocycles. The highest BCUT2D eigenvalue weighted by atomic mass is 19.1. The lowest BCUT2D eigenvalue weighted by Gasteiger charge is -2.16. The molecule has 0 aliphatic heterocycles. The zero-order valence-corrected chi connectivity index (χ0v) is 17.6. The Bertz CT molecular complexity index is 1430. The van der Waals surface area contributed by atoms with Crippen molar-refractivity contribution >= 4 is 39.9 Å². The number of aromatic amines is 1. The van der Waals surface area contributed by atoms with E-state index in [9.17, 15) is 19.1 Å². The van der Waals surface area contributed by atoms with E-state index in [1.807, 2.05) is 0 Å². The SMILES string of the molecule is CC(C)Nc1c(F)c(C(=O)O)c(-c2cn3cc(NC(=O)[C@@H]4C[C@@H]4F)nc3cn2)c2cn[nH]c12. The van der Waals surface area contributed by atoms with Gasteiger partial charge in [0.25, 0.3) is 0 Å². The van der Waals surface area contributed by atoms with Crippen LogP contribution in [0.15, 0.2) is 24.8 Å². The Morgan fingerprint density at radius 2 is 2.06 bits per heavy atom. The maximum Gasteiger partial charge on any atom is 0.339 e. The van der Waals surface area contributed by atoms with Crippen molar-refractivity contribution in [3.63, 3.8) is 0 Å². The Balaban J connectivity index is 1.63. The van der Waals surface area contributed by atoms with Gasteiger partial charge in [0.15, 0.2) is 17.3 Å². The van der Waals surface area contributed by atoms with Crippen LogP contribution in [0.5, 0.6) is 0 Å². The van der Waals surface area contributed by atoms with Crippen molar-refractivity contribution in [2.45, 2.75) is 32.5 Å². The van der Waals surface area contributed by atoms with Crippen molar-refractivity contribution in [2.24, 2.45) is 5.92 Å². The molecule has 0 radical (unpaired) electrons. The topological polar surface area (TPSA) is 137 Å². The van der Waals surface area contributed by atoms with Crippen LogP contribution in [0.25, 0.3) is 27.8 Å². The Hall–Kier alpha value is -4.09. The Kier molecular flexibility index (Phi) is 4.73. The van der Waals surface area contributed by atoms with Crippen molar-refractivity contribution in [1.29, 1.82) is 0 Å². The van der Waals surface area contributed by atoms with Gasteiger partial charge in [-0.1, -0.05) is 0 Å². The molecule has 4 N–H and O–H groups in total. The molecule has 12 heteroatoms. The molecule has 170 valence electrons. The van der Waals surface area contributed by atoms with Crippen LogP contribution >= 0.6 is 0 Å². The number of imidazole rings is 1. The molecule has 1 aromatic carbocycles. The lowest BCUT2D eigenvalue weighted by atomic mass is 9.98. The van der Waals surface area contributed by atoms with Crippen molar-refractivity contribution in [1.82, 2.24) is 24.6 Å². The number of anilines is 2. The van der Waals surface area contributed by atoms with Crippen molar-refractivity contribution < 1.29 is 23.5 Å². The fourth-order valence-electron chi connectivity index (χ4n) is 3.78. The molecule has 4 aromatic rings. The number of aromatic nitrogens is 5. The van der Waals surface area contributed by atoms with Crippen LogP contribution < -0.4 is 10.6 Å². The molecule has 2 atom stereocenters. The van der Waals surface area contributed by atoms with E-state index in [0.717, 1.165) is 0 Å². The summed E-state index contributed by atoms with van der Waals surface area (Å²) in [5.41, 5.74) is 0.362. The summed E-state index contributed by atoms with van der Waals surface area (Å²) in [5.74, 6) is -3.32. The second kappa shape index (κ2) is 7.50. The summed E-state index contributed by atoms with van der Waals surface area (Å²) < 4.78 is 30.0. The molecule has 33 heavy (non-hydrogen) atoms. The molecule has 3 aromatic heterocycles. The van der Waals surface area contributed by atoms with Gasteiger partial charge in [-0.05, 0) is 20.3 Å². The average molecular weight is 455 g/mol. The summed E-state index contributed by atoms with van der Waals surface area (Å²) >= 11 is 0. The van der Waals surface area contributed by atoms with Gasteiger partial charge in [-0.15, -0.1) is 0 Å². The van der Waals surface area contributed by atoms with Gasteiger partial charge in [0.1, 0.15) is 11.7 Å². The van der Waals surface area contributed by atoms with Crippen LogP contribution in [0.2, 0.25) is 0 Å². The number of carbonyl (C=O) groups excluding carboxylic acids is 1. The number of rotatable bonds is 6. The zero-order valence-electron chi connectivity index (χ0n) is 17.6. The van der Waals surface area contributed by atoms with Crippen molar-refractivity contribution in [2.75, 3.05) is 10.6 Å². The quantitative estimate of drug-likeness (QED) is 0.350. The molecule has 1 fully saturated rings. The molecule has 1 saturated carbocycles. The monoisotopic (exact) mass is 455 g/mol. The molecule has 0 spiro atoms. The van der Waals surface area contributed by atoms with Crippen molar-refractivity contribution in [3.8, 4) is 11.3 Å². The smallest absolute Gasteiger partial charge is 0.339 e. The number of benzene rings is 1. The first-order chi connectivity index (χ1) is 15.7. The third kappa shape index (κ3) is 3.52. The second-order valence-corrected chi connectivity index (χ2v) is 8.21. The zero-order chi connectivity index (χ0) is 23.4. The average Bonchev–Trinajstić information content (AvgIpc) is 3.12. The Morgan fingerprint density at radius 1 is 1.30 bits per heavy atom. The molecule has 10 nitrogen and oxygen atoms in total. The normalized spacial score (nSPS) is 17.6. The minimum absolute atomic E-state index is 0.0126. The molecule has 1 amide bonds. The number of hydrogen-bond acceptors (Lipinski definition) is 6. The highest BCUT2D eigenvalue weighted by Gasteiger charge is 2.43. The number of fused-ring (bicyclic) bond motifs is 2. The third-order valence-electron chi connectivity index (χ3n) is 5.39. The van der Waals surface area contributed by atoms with Crippen LogP contribution in [-0.4, -0.2) is 53.8 Å². The molecule has 5 rings (SSSR count). The summed E-state index contributed by atoms with van der Waals surface area (Å²) in [7, 11) is 0. The standard InChI is InChI=1S/C21H19F2N7O3/c1-8(2)26-19-17(23)16(21(32)33)15(10-4-25-29-18(10)19)12-6-30-7-13(27-14(30)5-24-12)28-20(31)9-3-11(9)22/h4-9,11,26H,3H2,1-2H3,(H,25,29)(H,28,31)(H,32,33)/t9-,11+/m1/s1. The maximum atomic E-state index is 15.4. The van der Waals surface area contributed by atoms with E-state index in [2.05, 4.69) is 30.8 Å². The number of halogens is 2. The van der Waals surface area contributed by atoms with E-state index in [1.54, 1.807) is 13.8 Å². The lowest BCUT2D eigenvalue weighted by Crippen LogP contribution is -2.15. The Morgan fingerprint density at radius 3 is 2.73 bits per heavy atom. The molecular weight excluding hydrogens is 436 g/mol. The number of carboxylic acids is 1. The van der Waals surface area contributed by atoms with E-state index < -0.39 is 35.3 Å². The van der Waals surface area contributed by atoms with Gasteiger partial charge in [0, 0.05) is 23.2 Å². The van der Waals surface area contributed by atoms with Gasteiger partial charge in [-0.3, -0.25) is 14.9 Å². The molecule has 0 unspecified atom stereocenters. The van der Waals surface area contributed by atoms with Gasteiger partial charge in [-0.2, -0.15) is 5.10 Å². The number of nitrogens with zero attached hydrogens (tertiary/aromatic N) is 4. The van der Waals surface area contributed by atoms with E-state index in [1.165, 1.54) is 29.2 Å². The lowest BCUT2D eigenvalue weighted by molar-refractivity contribution is -0.117. The fourth-order valence-corrected chi connectivity index (χ4v) is 3.78. The summed E-state index contributed by atoms with van der Waals surface area (Å²) in [6, 6.07) is -0.157. The summed E-state index contributed by atoms with van der Waals surface area (Å²) in [5, 5.41) is 22.4. The molecule has 0 saturated heterocycles. The number of amides is 1. The number of aromatic carboxylic acids is 1. The van der Waals surface area contributed by atoms with E-state index in [4.69, 9.17) is 0 Å². The van der Waals surface area contributed by atoms with Gasteiger partial charge < -0.3 is 20.1 Å². The van der Waals surface area contributed by atoms with Gasteiger partial charge in [-0.25, -0.2) is 18.6 Å². The predicted molar refractivity (Wildman–Crippen MR) is 115 cm³/mol. The largest absolute Gasteiger partial charge is 0.478 e. The van der Waals surface area contributed by atoms with Crippen LogP contribution in [-0.2, 0) is 4.79 Å². The maximum absolute atomic E-state index is 15.4. The number of carbonyl (C=O) groups is 2. The van der Waals surface area contributed by atoms with Crippen LogP contribution in [0.3, 0.4) is 0 Å². The number of H-pyrrole nitrogens is 1. The van der Waals surface area contributed by atoms with Gasteiger partial charge >= 0.3 is 5.97 Å². The number of alkyl halides is 1. The van der Waals surface area contributed by atoms with Gasteiger partial charge in [0.05, 0.1) is 41.4 Å². The fraction of sp³-hybridized carbons (Fsp3) is 0.286. The molecule has 1 aliphatic carbocycles. The summed E-state index contributed by atoms with van der Waals surface area (Å²) in [6.45, 7) is 3.61. The number of nitrogens with one attached hydrogen (secondary N) is 3. The molecule has 0 bridgehead atoms. The van der Waals surface area contributed by atoms with Crippen LogP contribution in [0, 0.1) is 11.7 Å². The second-order valence-electron chi connectivity index (χ2n) is 8.21. The summed E-state index contributed by atoms with van der Waals surface area (Å²) in [4.78, 5) is 32.6. The predicted octanol–water partition coefficient (Wildman–Crippen LogP) is 3.23. The first-order valence-electron chi connectivity index (χ1n) is 10.2. The minimum atomic E-state index is -1.46. The van der Waals surface area contributed by atoms with Crippen LogP contribution in [0.1, 0.15) is 30.6 Å². The number of hydrogen-bond donors (Lipinski definition) is 4. The Labute approximate surface area is 185 Å². The molecule has 1 aliphatic rings. The molecular formula is C21H19F2N7O3. The summed E-state index contributed by atoms with van der Waals surface area (Å²) in [6.07, 6.45) is 4.82. The minimum Gasteiger partial charge on any atom is -0.478 e. The van der Waals surface area contributed by atoms with Gasteiger partial charge in [0.2, 0.25) is 5.91 Å². The first kappa shape index (κ1) is 20.8. The first-order valence-corrected chi connectivity index (χ1v) is 10.2. The van der Waals surface area contributed by atoms with E-state index in [-0.39, 0.29) is 35.2 Å². The van der Waals surface area contributed by atoms with E-state index in [0.29, 0.717) is 16.6 Å². The highest BCUT2D eigenvalue weighted by Crippen LogP contribution is 2.38.